The van der Waals surface area contributed by atoms with Gasteiger partial charge in [0.1, 0.15) is 26.2 Å². The Morgan fingerprint density at radius 2 is 1.93 bits per heavy atom. The Hall–Kier alpha value is -2.80. The molecule has 0 radical (unpaired) electrons. The van der Waals surface area contributed by atoms with Crippen molar-refractivity contribution in [2.45, 2.75) is 6.54 Å². The summed E-state index contributed by atoms with van der Waals surface area (Å²) in [5, 5.41) is 3.00. The third-order valence-corrected chi connectivity index (χ3v) is 4.85. The summed E-state index contributed by atoms with van der Waals surface area (Å²) in [6.45, 7) is 4.77. The molecule has 1 aliphatic rings. The smallest absolute Gasteiger partial charge is 0.275 e. The molecular formula is C20H28N4O3+2. The molecule has 0 atom stereocenters. The van der Waals surface area contributed by atoms with E-state index >= 15 is 0 Å². The van der Waals surface area contributed by atoms with Crippen LogP contribution in [0.3, 0.4) is 0 Å². The molecule has 1 aromatic carbocycles. The van der Waals surface area contributed by atoms with Gasteiger partial charge >= 0.3 is 0 Å². The number of rotatable bonds is 7. The number of carbonyl (C=O) groups is 1. The van der Waals surface area contributed by atoms with E-state index in [9.17, 15) is 4.79 Å². The lowest BCUT2D eigenvalue weighted by Crippen LogP contribution is -3.16. The lowest BCUT2D eigenvalue weighted by molar-refractivity contribution is -0.892. The standard InChI is InChI=1S/C20H26N4O3/c1-26-17-7-6-16(13-18(17)27-2)14-22-20(25)15-23-9-11-24(12-10-23)19-5-3-4-8-21-19/h3-8,13H,9-12,14-15H2,1-2H3,(H,22,25)/p+2. The van der Waals surface area contributed by atoms with Crippen LogP contribution in [0.2, 0.25) is 0 Å². The molecule has 7 nitrogen and oxygen atoms in total. The van der Waals surface area contributed by atoms with Crippen LogP contribution >= 0.6 is 0 Å². The van der Waals surface area contributed by atoms with Crippen LogP contribution in [0, 0.1) is 0 Å². The number of benzene rings is 1. The first-order valence-corrected chi connectivity index (χ1v) is 9.22. The number of pyridine rings is 1. The first kappa shape index (κ1) is 19.0. The summed E-state index contributed by atoms with van der Waals surface area (Å²) in [5.41, 5.74) is 0.987. The zero-order chi connectivity index (χ0) is 19.1. The Kier molecular flexibility index (Phi) is 6.49. The van der Waals surface area contributed by atoms with Crippen molar-refractivity contribution in [2.75, 3.05) is 51.8 Å². The summed E-state index contributed by atoms with van der Waals surface area (Å²) < 4.78 is 10.5. The van der Waals surface area contributed by atoms with Gasteiger partial charge < -0.3 is 19.7 Å². The highest BCUT2D eigenvalue weighted by molar-refractivity contribution is 5.76. The zero-order valence-corrected chi connectivity index (χ0v) is 16.0. The van der Waals surface area contributed by atoms with Gasteiger partial charge in [-0.15, -0.1) is 0 Å². The molecule has 3 rings (SSSR count). The summed E-state index contributed by atoms with van der Waals surface area (Å²) in [6.07, 6.45) is 1.94. The summed E-state index contributed by atoms with van der Waals surface area (Å²) in [6, 6.07) is 11.8. The molecule has 144 valence electrons. The number of aromatic amines is 1. The average molecular weight is 372 g/mol. The minimum absolute atomic E-state index is 0.0690. The number of hydrogen-bond acceptors (Lipinski definition) is 4. The van der Waals surface area contributed by atoms with Gasteiger partial charge in [0.15, 0.2) is 18.0 Å². The van der Waals surface area contributed by atoms with Crippen molar-refractivity contribution in [3.05, 3.63) is 48.2 Å². The summed E-state index contributed by atoms with van der Waals surface area (Å²) >= 11 is 0. The van der Waals surface area contributed by atoms with Gasteiger partial charge in [-0.25, -0.2) is 4.98 Å². The molecule has 27 heavy (non-hydrogen) atoms. The molecule has 2 heterocycles. The van der Waals surface area contributed by atoms with Gasteiger partial charge in [0.25, 0.3) is 11.7 Å². The van der Waals surface area contributed by atoms with E-state index in [2.05, 4.69) is 21.3 Å². The third kappa shape index (κ3) is 5.10. The largest absolute Gasteiger partial charge is 0.493 e. The average Bonchev–Trinajstić information content (AvgIpc) is 2.73. The molecule has 0 saturated carbocycles. The van der Waals surface area contributed by atoms with Crippen molar-refractivity contribution < 1.29 is 24.2 Å². The minimum Gasteiger partial charge on any atom is -0.493 e. The van der Waals surface area contributed by atoms with Gasteiger partial charge in [-0.3, -0.25) is 9.69 Å². The maximum absolute atomic E-state index is 12.3. The molecule has 0 aliphatic carbocycles. The van der Waals surface area contributed by atoms with Crippen LogP contribution in [0.25, 0.3) is 0 Å². The van der Waals surface area contributed by atoms with E-state index in [1.807, 2.05) is 36.5 Å². The molecule has 1 aliphatic heterocycles. The summed E-state index contributed by atoms with van der Waals surface area (Å²) in [4.78, 5) is 19.2. The Morgan fingerprint density at radius 1 is 1.15 bits per heavy atom. The van der Waals surface area contributed by atoms with Crippen molar-refractivity contribution in [3.8, 4) is 11.5 Å². The van der Waals surface area contributed by atoms with Gasteiger partial charge in [0, 0.05) is 12.6 Å². The van der Waals surface area contributed by atoms with Crippen LogP contribution in [-0.2, 0) is 11.3 Å². The molecule has 7 heteroatoms. The number of anilines is 1. The third-order valence-electron chi connectivity index (χ3n) is 4.85. The normalized spacial score (nSPS) is 14.7. The minimum atomic E-state index is 0.0690. The number of H-pyrrole nitrogens is 1. The van der Waals surface area contributed by atoms with Crippen LogP contribution in [0.5, 0.6) is 11.5 Å². The monoisotopic (exact) mass is 372 g/mol. The number of piperazine rings is 1. The lowest BCUT2D eigenvalue weighted by atomic mass is 10.2. The predicted molar refractivity (Wildman–Crippen MR) is 102 cm³/mol. The van der Waals surface area contributed by atoms with Crippen molar-refractivity contribution in [3.63, 3.8) is 0 Å². The van der Waals surface area contributed by atoms with E-state index in [4.69, 9.17) is 9.47 Å². The van der Waals surface area contributed by atoms with Gasteiger partial charge in [-0.05, 0) is 23.8 Å². The van der Waals surface area contributed by atoms with Gasteiger partial charge in [0.05, 0.1) is 20.4 Å². The fraction of sp³-hybridized carbons (Fsp3) is 0.400. The first-order valence-electron chi connectivity index (χ1n) is 9.22. The Bertz CT molecular complexity index is 746. The number of quaternary nitrogens is 1. The van der Waals surface area contributed by atoms with Crippen LogP contribution in [0.15, 0.2) is 42.6 Å². The van der Waals surface area contributed by atoms with E-state index in [1.165, 1.54) is 4.90 Å². The second kappa shape index (κ2) is 9.23. The van der Waals surface area contributed by atoms with E-state index in [0.717, 1.165) is 37.6 Å². The van der Waals surface area contributed by atoms with E-state index in [0.29, 0.717) is 24.6 Å². The number of amides is 1. The van der Waals surface area contributed by atoms with Crippen molar-refractivity contribution >= 4 is 11.7 Å². The molecular weight excluding hydrogens is 344 g/mol. The first-order chi connectivity index (χ1) is 13.2. The number of aromatic nitrogens is 1. The second-order valence-corrected chi connectivity index (χ2v) is 6.63. The Balaban J connectivity index is 1.44. The quantitative estimate of drug-likeness (QED) is 0.690. The number of carbonyl (C=O) groups excluding carboxylic acids is 1. The number of nitrogens with zero attached hydrogens (tertiary/aromatic N) is 1. The van der Waals surface area contributed by atoms with Gasteiger partial charge in [-0.2, -0.15) is 0 Å². The van der Waals surface area contributed by atoms with E-state index in [-0.39, 0.29) is 5.91 Å². The summed E-state index contributed by atoms with van der Waals surface area (Å²) in [5.74, 6) is 2.56. The predicted octanol–water partition coefficient (Wildman–Crippen LogP) is -0.461. The zero-order valence-electron chi connectivity index (χ0n) is 16.0. The number of hydrogen-bond donors (Lipinski definition) is 2. The van der Waals surface area contributed by atoms with Crippen molar-refractivity contribution in [1.82, 2.24) is 5.32 Å². The molecule has 0 bridgehead atoms. The van der Waals surface area contributed by atoms with Gasteiger partial charge in [-0.1, -0.05) is 12.1 Å². The molecule has 0 spiro atoms. The highest BCUT2D eigenvalue weighted by Gasteiger charge is 2.27. The van der Waals surface area contributed by atoms with E-state index < -0.39 is 0 Å². The molecule has 1 saturated heterocycles. The Labute approximate surface area is 159 Å². The fourth-order valence-corrected chi connectivity index (χ4v) is 3.30. The van der Waals surface area contributed by atoms with Crippen LogP contribution in [0.1, 0.15) is 5.56 Å². The number of nitrogens with one attached hydrogen (secondary N) is 3. The van der Waals surface area contributed by atoms with Crippen molar-refractivity contribution in [1.29, 1.82) is 0 Å². The van der Waals surface area contributed by atoms with Gasteiger partial charge in [0.2, 0.25) is 0 Å². The molecule has 1 fully saturated rings. The van der Waals surface area contributed by atoms with Crippen molar-refractivity contribution in [2.24, 2.45) is 0 Å². The highest BCUT2D eigenvalue weighted by atomic mass is 16.5. The summed E-state index contributed by atoms with van der Waals surface area (Å²) in [7, 11) is 3.22. The molecule has 3 N–H and O–H groups in total. The van der Waals surface area contributed by atoms with E-state index in [1.54, 1.807) is 14.2 Å². The molecule has 1 aromatic heterocycles. The lowest BCUT2D eigenvalue weighted by Gasteiger charge is -2.27. The Morgan fingerprint density at radius 3 is 2.59 bits per heavy atom. The maximum atomic E-state index is 12.3. The second-order valence-electron chi connectivity index (χ2n) is 6.63. The fourth-order valence-electron chi connectivity index (χ4n) is 3.30. The molecule has 2 aromatic rings. The molecule has 1 amide bonds. The topological polar surface area (TPSA) is 69.4 Å². The molecule has 0 unspecified atom stereocenters. The van der Waals surface area contributed by atoms with Crippen LogP contribution in [0.4, 0.5) is 5.82 Å². The maximum Gasteiger partial charge on any atom is 0.275 e. The SMILES string of the molecule is COc1ccc(CNC(=O)C[NH+]2CCN(c3cccc[nH+]3)CC2)cc1OC. The number of methoxy groups -OCH3 is 2. The number of ether oxygens (including phenoxy) is 2. The highest BCUT2D eigenvalue weighted by Crippen LogP contribution is 2.27. The van der Waals surface area contributed by atoms with Crippen LogP contribution < -0.4 is 29.6 Å². The van der Waals surface area contributed by atoms with Crippen LogP contribution in [-0.4, -0.2) is 52.9 Å².